The number of carbonyl (C=O) groups is 1. The van der Waals surface area contributed by atoms with Crippen molar-refractivity contribution >= 4 is 34.6 Å². The first-order chi connectivity index (χ1) is 13.3. The van der Waals surface area contributed by atoms with Crippen molar-refractivity contribution in [2.75, 3.05) is 0 Å². The molecule has 3 heterocycles. The van der Waals surface area contributed by atoms with Crippen LogP contribution < -0.4 is 0 Å². The fourth-order valence-electron chi connectivity index (χ4n) is 3.97. The predicted molar refractivity (Wildman–Crippen MR) is 108 cm³/mol. The van der Waals surface area contributed by atoms with Gasteiger partial charge in [-0.3, -0.25) is 14.4 Å². The van der Waals surface area contributed by atoms with Crippen LogP contribution in [0.4, 0.5) is 0 Å². The third-order valence-corrected chi connectivity index (χ3v) is 7.12. The largest absolute Gasteiger partial charge is 0.481 e. The molecule has 5 rings (SSSR count). The van der Waals surface area contributed by atoms with Crippen molar-refractivity contribution in [3.05, 3.63) is 62.5 Å². The zero-order valence-corrected chi connectivity index (χ0v) is 17.1. The number of hydrogen-bond acceptors (Lipinski definition) is 5. The van der Waals surface area contributed by atoms with E-state index in [1.54, 1.807) is 11.3 Å². The van der Waals surface area contributed by atoms with E-state index in [1.807, 2.05) is 35.8 Å². The van der Waals surface area contributed by atoms with Gasteiger partial charge in [0.05, 0.1) is 11.6 Å². The van der Waals surface area contributed by atoms with E-state index in [1.165, 1.54) is 4.88 Å². The van der Waals surface area contributed by atoms with Gasteiger partial charge in [0.1, 0.15) is 16.4 Å². The molecule has 2 atom stereocenters. The van der Waals surface area contributed by atoms with E-state index in [0.717, 1.165) is 33.2 Å². The first-order valence-electron chi connectivity index (χ1n) is 8.95. The second kappa shape index (κ2) is 5.75. The molecule has 1 aliphatic heterocycles. The number of rotatable bonds is 2. The standard InChI is InChI=1S/C20H17ClN4O2S/c1-9-10(2)28-17-15(9)16(12-4-6-13(21)7-5-12)22-20(8-14(20)18(26)27)19-24-23-11(3)25(17)19/h4-7,14H,8H2,1-3H3,(H,26,27)/t14?,20-/m1/s1. The summed E-state index contributed by atoms with van der Waals surface area (Å²) in [4.78, 5) is 18.1. The monoisotopic (exact) mass is 412 g/mol. The van der Waals surface area contributed by atoms with Crippen LogP contribution in [-0.4, -0.2) is 31.6 Å². The molecule has 1 N–H and O–H groups in total. The van der Waals surface area contributed by atoms with Crippen molar-refractivity contribution in [3.63, 3.8) is 0 Å². The number of hydrogen-bond donors (Lipinski definition) is 1. The molecule has 1 aromatic carbocycles. The normalized spacial score (nSPS) is 22.4. The average Bonchev–Trinajstić information content (AvgIpc) is 3.19. The fourth-order valence-corrected chi connectivity index (χ4v) is 5.30. The predicted octanol–water partition coefficient (Wildman–Crippen LogP) is 4.06. The quantitative estimate of drug-likeness (QED) is 0.688. The third-order valence-electron chi connectivity index (χ3n) is 5.68. The highest BCUT2D eigenvalue weighted by atomic mass is 35.5. The zero-order chi connectivity index (χ0) is 19.8. The number of benzene rings is 1. The van der Waals surface area contributed by atoms with Gasteiger partial charge in [-0.05, 0) is 44.9 Å². The van der Waals surface area contributed by atoms with Crippen molar-refractivity contribution < 1.29 is 9.90 Å². The summed E-state index contributed by atoms with van der Waals surface area (Å²) in [7, 11) is 0. The molecule has 3 aromatic rings. The van der Waals surface area contributed by atoms with Crippen molar-refractivity contribution in [1.82, 2.24) is 14.8 Å². The number of thiophene rings is 1. The molecule has 1 saturated carbocycles. The molecule has 0 bridgehead atoms. The topological polar surface area (TPSA) is 80.4 Å². The third kappa shape index (κ3) is 2.26. The van der Waals surface area contributed by atoms with Gasteiger partial charge in [-0.1, -0.05) is 23.7 Å². The Balaban J connectivity index is 1.86. The molecule has 142 valence electrons. The van der Waals surface area contributed by atoms with Crippen LogP contribution in [0.3, 0.4) is 0 Å². The second-order valence-corrected chi connectivity index (χ2v) is 9.00. The first kappa shape index (κ1) is 17.6. The van der Waals surface area contributed by atoms with Crippen LogP contribution in [0.25, 0.3) is 5.00 Å². The summed E-state index contributed by atoms with van der Waals surface area (Å²) in [5.41, 5.74) is 2.97. The maximum atomic E-state index is 11.8. The molecule has 1 fully saturated rings. The van der Waals surface area contributed by atoms with Gasteiger partial charge < -0.3 is 5.11 Å². The lowest BCUT2D eigenvalue weighted by Gasteiger charge is -2.12. The number of aromatic nitrogens is 3. The number of nitrogens with zero attached hydrogens (tertiary/aromatic N) is 4. The van der Waals surface area contributed by atoms with Crippen LogP contribution >= 0.6 is 22.9 Å². The maximum absolute atomic E-state index is 11.8. The smallest absolute Gasteiger partial charge is 0.309 e. The molecule has 28 heavy (non-hydrogen) atoms. The van der Waals surface area contributed by atoms with Crippen LogP contribution in [0.1, 0.15) is 39.6 Å². The van der Waals surface area contributed by atoms with E-state index >= 15 is 0 Å². The highest BCUT2D eigenvalue weighted by molar-refractivity contribution is 7.15. The van der Waals surface area contributed by atoms with Crippen molar-refractivity contribution in [3.8, 4) is 5.00 Å². The van der Waals surface area contributed by atoms with Crippen molar-refractivity contribution in [2.24, 2.45) is 10.9 Å². The van der Waals surface area contributed by atoms with Gasteiger partial charge in [0.15, 0.2) is 5.82 Å². The van der Waals surface area contributed by atoms with Gasteiger partial charge in [0, 0.05) is 21.0 Å². The fraction of sp³-hybridized carbons (Fsp3) is 0.300. The Kier molecular flexibility index (Phi) is 3.61. The van der Waals surface area contributed by atoms with E-state index < -0.39 is 17.4 Å². The number of aryl methyl sites for hydroxylation is 2. The Labute approximate surface area is 170 Å². The molecule has 6 nitrogen and oxygen atoms in total. The summed E-state index contributed by atoms with van der Waals surface area (Å²) in [5, 5.41) is 20.0. The minimum Gasteiger partial charge on any atom is -0.481 e. The number of aliphatic carboxylic acids is 1. The summed E-state index contributed by atoms with van der Waals surface area (Å²) in [6.07, 6.45) is 0.421. The highest BCUT2D eigenvalue weighted by Crippen LogP contribution is 2.57. The molecular weight excluding hydrogens is 396 g/mol. The van der Waals surface area contributed by atoms with E-state index in [0.29, 0.717) is 17.3 Å². The van der Waals surface area contributed by atoms with Crippen LogP contribution in [0.2, 0.25) is 5.02 Å². The van der Waals surface area contributed by atoms with Crippen molar-refractivity contribution in [2.45, 2.75) is 32.7 Å². The lowest BCUT2D eigenvalue weighted by Crippen LogP contribution is -2.18. The molecule has 1 aliphatic carbocycles. The van der Waals surface area contributed by atoms with Crippen LogP contribution in [0.15, 0.2) is 29.3 Å². The highest BCUT2D eigenvalue weighted by Gasteiger charge is 2.64. The maximum Gasteiger partial charge on any atom is 0.309 e. The van der Waals surface area contributed by atoms with Gasteiger partial charge in [0.2, 0.25) is 0 Å². The molecule has 1 unspecified atom stereocenters. The number of fused-ring (bicyclic) bond motifs is 4. The molecule has 0 radical (unpaired) electrons. The van der Waals surface area contributed by atoms with Crippen molar-refractivity contribution in [1.29, 1.82) is 0 Å². The van der Waals surface area contributed by atoms with E-state index in [9.17, 15) is 9.90 Å². The Morgan fingerprint density at radius 1 is 1.25 bits per heavy atom. The zero-order valence-electron chi connectivity index (χ0n) is 15.5. The average molecular weight is 413 g/mol. The number of aliphatic imine (C=N–C) groups is 1. The molecular formula is C20H17ClN4O2S. The lowest BCUT2D eigenvalue weighted by atomic mass is 9.99. The Morgan fingerprint density at radius 2 is 1.96 bits per heavy atom. The number of halogens is 1. The minimum absolute atomic E-state index is 0.421. The lowest BCUT2D eigenvalue weighted by molar-refractivity contribution is -0.139. The SMILES string of the molecule is Cc1sc2c(c1C)C(c1ccc(Cl)cc1)=N[C@@]1(CC1C(=O)O)c1nnc(C)n1-2. The Hall–Kier alpha value is -2.51. The summed E-state index contributed by atoms with van der Waals surface area (Å²) >= 11 is 7.75. The summed E-state index contributed by atoms with van der Waals surface area (Å²) in [6, 6.07) is 7.53. The molecule has 0 amide bonds. The summed E-state index contributed by atoms with van der Waals surface area (Å²) in [6.45, 7) is 6.05. The number of carboxylic acid groups (broad SMARTS) is 1. The van der Waals surface area contributed by atoms with Gasteiger partial charge in [0.25, 0.3) is 0 Å². The van der Waals surface area contributed by atoms with Crippen LogP contribution in [0, 0.1) is 26.7 Å². The number of carboxylic acids is 1. The molecule has 2 aliphatic rings. The van der Waals surface area contributed by atoms with Gasteiger partial charge in [-0.15, -0.1) is 21.5 Å². The van der Waals surface area contributed by atoms with Gasteiger partial charge >= 0.3 is 5.97 Å². The van der Waals surface area contributed by atoms with Gasteiger partial charge in [-0.2, -0.15) is 0 Å². The summed E-state index contributed by atoms with van der Waals surface area (Å²) < 4.78 is 2.00. The minimum atomic E-state index is -0.888. The van der Waals surface area contributed by atoms with Gasteiger partial charge in [-0.25, -0.2) is 0 Å². The Bertz CT molecular complexity index is 1180. The Morgan fingerprint density at radius 3 is 2.61 bits per heavy atom. The van der Waals surface area contributed by atoms with E-state index in [4.69, 9.17) is 16.6 Å². The molecule has 1 spiro atoms. The van der Waals surface area contributed by atoms with Crippen LogP contribution in [0.5, 0.6) is 0 Å². The molecule has 8 heteroatoms. The molecule has 0 saturated heterocycles. The second-order valence-electron chi connectivity index (χ2n) is 7.36. The molecule has 2 aromatic heterocycles. The summed E-state index contributed by atoms with van der Waals surface area (Å²) in [5.74, 6) is -0.110. The van der Waals surface area contributed by atoms with Crippen LogP contribution in [-0.2, 0) is 10.3 Å². The van der Waals surface area contributed by atoms with E-state index in [2.05, 4.69) is 24.0 Å². The first-order valence-corrected chi connectivity index (χ1v) is 10.1. The van der Waals surface area contributed by atoms with E-state index in [-0.39, 0.29) is 0 Å².